The van der Waals surface area contributed by atoms with Crippen LogP contribution in [0.1, 0.15) is 36.2 Å². The lowest BCUT2D eigenvalue weighted by atomic mass is 9.99. The zero-order valence-electron chi connectivity index (χ0n) is 14.5. The highest BCUT2D eigenvalue weighted by Crippen LogP contribution is 2.13. The summed E-state index contributed by atoms with van der Waals surface area (Å²) in [5.74, 6) is -0.242. The molecule has 0 fully saturated rings. The van der Waals surface area contributed by atoms with Gasteiger partial charge in [-0.05, 0) is 35.7 Å². The molecule has 132 valence electrons. The minimum Gasteiger partial charge on any atom is -0.351 e. The van der Waals surface area contributed by atoms with Crippen molar-refractivity contribution in [1.82, 2.24) is 10.3 Å². The second-order valence-electron chi connectivity index (χ2n) is 6.02. The Bertz CT molecular complexity index is 718. The highest BCUT2D eigenvalue weighted by atomic mass is 16.2. The van der Waals surface area contributed by atoms with E-state index in [1.807, 2.05) is 32.0 Å². The molecule has 2 aromatic rings. The van der Waals surface area contributed by atoms with Crippen LogP contribution >= 0.6 is 0 Å². The Morgan fingerprint density at radius 1 is 1.20 bits per heavy atom. The van der Waals surface area contributed by atoms with Crippen molar-refractivity contribution in [3.8, 4) is 0 Å². The van der Waals surface area contributed by atoms with Crippen molar-refractivity contribution in [3.05, 3.63) is 59.9 Å². The van der Waals surface area contributed by atoms with Gasteiger partial charge in [0.25, 0.3) is 5.91 Å². The van der Waals surface area contributed by atoms with E-state index in [0.717, 1.165) is 12.0 Å². The van der Waals surface area contributed by atoms with Crippen molar-refractivity contribution in [2.24, 2.45) is 11.7 Å². The molecule has 0 saturated carbocycles. The molecule has 2 amide bonds. The van der Waals surface area contributed by atoms with Gasteiger partial charge in [-0.1, -0.05) is 32.4 Å². The summed E-state index contributed by atoms with van der Waals surface area (Å²) in [6.07, 6.45) is 3.99. The number of amides is 2. The SMILES string of the molecule is CCC(C)C(N)C(=O)NCc1cccc(NC(=O)c2ccncc2)c1. The smallest absolute Gasteiger partial charge is 0.255 e. The molecule has 2 unspecified atom stereocenters. The summed E-state index contributed by atoms with van der Waals surface area (Å²) in [5, 5.41) is 5.67. The summed E-state index contributed by atoms with van der Waals surface area (Å²) in [5.41, 5.74) is 8.01. The van der Waals surface area contributed by atoms with E-state index < -0.39 is 6.04 Å². The van der Waals surface area contributed by atoms with Crippen LogP contribution in [0.4, 0.5) is 5.69 Å². The first-order valence-corrected chi connectivity index (χ1v) is 8.35. The molecule has 0 aliphatic carbocycles. The molecule has 0 aliphatic heterocycles. The Morgan fingerprint density at radius 2 is 1.92 bits per heavy atom. The zero-order valence-corrected chi connectivity index (χ0v) is 14.5. The van der Waals surface area contributed by atoms with Crippen LogP contribution < -0.4 is 16.4 Å². The standard InChI is InChI=1S/C19H24N4O2/c1-3-13(2)17(20)19(25)22-12-14-5-4-6-16(11-14)23-18(24)15-7-9-21-10-8-15/h4-11,13,17H,3,12,20H2,1-2H3,(H,22,25)(H,23,24). The van der Waals surface area contributed by atoms with E-state index in [1.54, 1.807) is 30.6 Å². The summed E-state index contributed by atoms with van der Waals surface area (Å²) in [6, 6.07) is 10.1. The molecule has 1 aromatic carbocycles. The van der Waals surface area contributed by atoms with Gasteiger partial charge in [0.15, 0.2) is 0 Å². The Hall–Kier alpha value is -2.73. The molecule has 0 saturated heterocycles. The number of hydrogen-bond donors (Lipinski definition) is 3. The van der Waals surface area contributed by atoms with Crippen molar-refractivity contribution in [2.75, 3.05) is 5.32 Å². The second-order valence-corrected chi connectivity index (χ2v) is 6.02. The van der Waals surface area contributed by atoms with Crippen LogP contribution in [-0.4, -0.2) is 22.8 Å². The van der Waals surface area contributed by atoms with E-state index in [0.29, 0.717) is 17.8 Å². The predicted octanol–water partition coefficient (Wildman–Crippen LogP) is 2.32. The zero-order chi connectivity index (χ0) is 18.2. The maximum Gasteiger partial charge on any atom is 0.255 e. The molecule has 0 radical (unpaired) electrons. The lowest BCUT2D eigenvalue weighted by Gasteiger charge is -2.17. The molecule has 1 aromatic heterocycles. The van der Waals surface area contributed by atoms with Crippen LogP contribution in [0.5, 0.6) is 0 Å². The normalized spacial score (nSPS) is 12.9. The molecule has 6 heteroatoms. The average Bonchev–Trinajstić information content (AvgIpc) is 2.65. The van der Waals surface area contributed by atoms with Gasteiger partial charge in [-0.3, -0.25) is 14.6 Å². The molecule has 25 heavy (non-hydrogen) atoms. The molecular weight excluding hydrogens is 316 g/mol. The van der Waals surface area contributed by atoms with E-state index in [-0.39, 0.29) is 17.7 Å². The number of carbonyl (C=O) groups excluding carboxylic acids is 2. The molecule has 4 N–H and O–H groups in total. The average molecular weight is 340 g/mol. The fourth-order valence-corrected chi connectivity index (χ4v) is 2.28. The van der Waals surface area contributed by atoms with Crippen LogP contribution in [0.15, 0.2) is 48.8 Å². The lowest BCUT2D eigenvalue weighted by molar-refractivity contribution is -0.123. The number of carbonyl (C=O) groups is 2. The molecule has 0 bridgehead atoms. The van der Waals surface area contributed by atoms with Crippen LogP contribution in [0.2, 0.25) is 0 Å². The van der Waals surface area contributed by atoms with Crippen LogP contribution in [0.25, 0.3) is 0 Å². The van der Waals surface area contributed by atoms with Gasteiger partial charge in [0.05, 0.1) is 6.04 Å². The number of nitrogens with zero attached hydrogens (tertiary/aromatic N) is 1. The molecule has 0 aliphatic rings. The number of hydrogen-bond acceptors (Lipinski definition) is 4. The topological polar surface area (TPSA) is 97.1 Å². The van der Waals surface area contributed by atoms with Crippen molar-refractivity contribution < 1.29 is 9.59 Å². The van der Waals surface area contributed by atoms with Gasteiger partial charge in [-0.25, -0.2) is 0 Å². The van der Waals surface area contributed by atoms with Gasteiger partial charge in [0.1, 0.15) is 0 Å². The first-order valence-electron chi connectivity index (χ1n) is 8.35. The maximum atomic E-state index is 12.2. The summed E-state index contributed by atoms with van der Waals surface area (Å²) in [4.78, 5) is 28.1. The first-order chi connectivity index (χ1) is 12.0. The summed E-state index contributed by atoms with van der Waals surface area (Å²) < 4.78 is 0. The number of benzene rings is 1. The summed E-state index contributed by atoms with van der Waals surface area (Å²) in [7, 11) is 0. The number of rotatable bonds is 7. The largest absolute Gasteiger partial charge is 0.351 e. The quantitative estimate of drug-likeness (QED) is 0.720. The molecule has 2 rings (SSSR count). The van der Waals surface area contributed by atoms with Crippen molar-refractivity contribution in [1.29, 1.82) is 0 Å². The van der Waals surface area contributed by atoms with Gasteiger partial charge < -0.3 is 16.4 Å². The third-order valence-electron chi connectivity index (χ3n) is 4.15. The van der Waals surface area contributed by atoms with E-state index in [1.165, 1.54) is 0 Å². The number of nitrogens with one attached hydrogen (secondary N) is 2. The Balaban J connectivity index is 1.95. The number of anilines is 1. The minimum atomic E-state index is -0.514. The fourth-order valence-electron chi connectivity index (χ4n) is 2.28. The van der Waals surface area contributed by atoms with Crippen LogP contribution in [0, 0.1) is 5.92 Å². The predicted molar refractivity (Wildman–Crippen MR) is 97.9 cm³/mol. The monoisotopic (exact) mass is 340 g/mol. The first kappa shape index (κ1) is 18.6. The van der Waals surface area contributed by atoms with Gasteiger partial charge in [-0.2, -0.15) is 0 Å². The molecule has 2 atom stereocenters. The van der Waals surface area contributed by atoms with Gasteiger partial charge >= 0.3 is 0 Å². The Labute approximate surface area is 147 Å². The molecular formula is C19H24N4O2. The lowest BCUT2D eigenvalue weighted by Crippen LogP contribution is -2.44. The third kappa shape index (κ3) is 5.39. The number of aromatic nitrogens is 1. The second kappa shape index (κ2) is 8.94. The van der Waals surface area contributed by atoms with Gasteiger partial charge in [0.2, 0.25) is 5.91 Å². The van der Waals surface area contributed by atoms with E-state index >= 15 is 0 Å². The van der Waals surface area contributed by atoms with E-state index in [9.17, 15) is 9.59 Å². The molecule has 0 spiro atoms. The van der Waals surface area contributed by atoms with Crippen molar-refractivity contribution >= 4 is 17.5 Å². The van der Waals surface area contributed by atoms with Crippen molar-refractivity contribution in [2.45, 2.75) is 32.9 Å². The molecule has 1 heterocycles. The highest BCUT2D eigenvalue weighted by molar-refractivity contribution is 6.04. The fraction of sp³-hybridized carbons (Fsp3) is 0.316. The number of nitrogens with two attached hydrogens (primary N) is 1. The maximum absolute atomic E-state index is 12.2. The highest BCUT2D eigenvalue weighted by Gasteiger charge is 2.18. The van der Waals surface area contributed by atoms with Gasteiger partial charge in [0, 0.05) is 30.2 Å². The minimum absolute atomic E-state index is 0.131. The molecule has 6 nitrogen and oxygen atoms in total. The van der Waals surface area contributed by atoms with Crippen LogP contribution in [-0.2, 0) is 11.3 Å². The van der Waals surface area contributed by atoms with Crippen LogP contribution in [0.3, 0.4) is 0 Å². The Morgan fingerprint density at radius 3 is 2.60 bits per heavy atom. The number of pyridine rings is 1. The summed E-state index contributed by atoms with van der Waals surface area (Å²) >= 11 is 0. The van der Waals surface area contributed by atoms with E-state index in [4.69, 9.17) is 5.73 Å². The third-order valence-corrected chi connectivity index (χ3v) is 4.15. The van der Waals surface area contributed by atoms with Crippen molar-refractivity contribution in [3.63, 3.8) is 0 Å². The van der Waals surface area contributed by atoms with Gasteiger partial charge in [-0.15, -0.1) is 0 Å². The summed E-state index contributed by atoms with van der Waals surface area (Å²) in [6.45, 7) is 4.33. The van der Waals surface area contributed by atoms with E-state index in [2.05, 4.69) is 15.6 Å². The Kier molecular flexibility index (Phi) is 6.65.